The van der Waals surface area contributed by atoms with E-state index in [1.54, 1.807) is 0 Å². The number of hydrogen-bond acceptors (Lipinski definition) is 4. The van der Waals surface area contributed by atoms with Crippen LogP contribution < -0.4 is 0 Å². The number of oxazole rings is 1. The lowest BCUT2D eigenvalue weighted by Crippen LogP contribution is -2.19. The maximum Gasteiger partial charge on any atom is 0.202 e. The maximum absolute atomic E-state index is 6.34. The van der Waals surface area contributed by atoms with E-state index in [-0.39, 0.29) is 5.92 Å². The van der Waals surface area contributed by atoms with Crippen molar-refractivity contribution in [3.63, 3.8) is 0 Å². The fourth-order valence-corrected chi connectivity index (χ4v) is 5.53. The van der Waals surface area contributed by atoms with Crippen molar-refractivity contribution in [2.45, 2.75) is 55.9 Å². The quantitative estimate of drug-likeness (QED) is 0.254. The Morgan fingerprint density at radius 2 is 1.71 bits per heavy atom. The normalized spacial score (nSPS) is 15.9. The molecule has 3 aromatic rings. The van der Waals surface area contributed by atoms with Gasteiger partial charge in [0.15, 0.2) is 0 Å². The van der Waals surface area contributed by atoms with Gasteiger partial charge in [-0.3, -0.25) is 4.90 Å². The van der Waals surface area contributed by atoms with Crippen LogP contribution >= 0.6 is 11.8 Å². The summed E-state index contributed by atoms with van der Waals surface area (Å²) in [5, 5.41) is 0. The van der Waals surface area contributed by atoms with Crippen molar-refractivity contribution in [2.24, 2.45) is 5.92 Å². The lowest BCUT2D eigenvalue weighted by Gasteiger charge is -2.28. The van der Waals surface area contributed by atoms with E-state index in [2.05, 4.69) is 72.6 Å². The van der Waals surface area contributed by atoms with E-state index < -0.39 is 0 Å². The fraction of sp³-hybridized carbons (Fsp3) is 0.444. The Morgan fingerprint density at radius 3 is 2.45 bits per heavy atom. The molecule has 0 aliphatic heterocycles. The fourth-order valence-electron chi connectivity index (χ4n) is 4.67. The third kappa shape index (κ3) is 6.47. The van der Waals surface area contributed by atoms with Gasteiger partial charge in [-0.25, -0.2) is 4.98 Å². The molecule has 3 nitrogen and oxygen atoms in total. The van der Waals surface area contributed by atoms with Crippen molar-refractivity contribution in [3.8, 4) is 0 Å². The highest BCUT2D eigenvalue weighted by Gasteiger charge is 2.30. The molecule has 1 saturated carbocycles. The molecule has 1 fully saturated rings. The highest BCUT2D eigenvalue weighted by atomic mass is 32.2. The first kappa shape index (κ1) is 22.2. The molecule has 31 heavy (non-hydrogen) atoms. The van der Waals surface area contributed by atoms with E-state index in [1.165, 1.54) is 42.6 Å². The van der Waals surface area contributed by atoms with E-state index in [9.17, 15) is 0 Å². The van der Waals surface area contributed by atoms with Crippen molar-refractivity contribution < 1.29 is 4.42 Å². The van der Waals surface area contributed by atoms with Crippen molar-refractivity contribution in [1.82, 2.24) is 9.88 Å². The van der Waals surface area contributed by atoms with Gasteiger partial charge in [-0.05, 0) is 62.2 Å². The molecule has 1 heterocycles. The van der Waals surface area contributed by atoms with Gasteiger partial charge in [-0.2, -0.15) is 0 Å². The van der Waals surface area contributed by atoms with Crippen LogP contribution in [-0.2, 0) is 6.54 Å². The predicted molar refractivity (Wildman–Crippen MR) is 129 cm³/mol. The average molecular weight is 435 g/mol. The first-order valence-corrected chi connectivity index (χ1v) is 12.6. The van der Waals surface area contributed by atoms with E-state index in [4.69, 9.17) is 9.40 Å². The summed E-state index contributed by atoms with van der Waals surface area (Å²) in [7, 11) is 2.17. The summed E-state index contributed by atoms with van der Waals surface area (Å²) in [6, 6.07) is 21.5. The van der Waals surface area contributed by atoms with Crippen LogP contribution in [0.25, 0.3) is 0 Å². The summed E-state index contributed by atoms with van der Waals surface area (Å²) in [4.78, 5) is 8.45. The van der Waals surface area contributed by atoms with E-state index in [1.807, 2.05) is 18.0 Å². The van der Waals surface area contributed by atoms with Gasteiger partial charge in [-0.1, -0.05) is 67.8 Å². The van der Waals surface area contributed by atoms with Crippen LogP contribution in [0.4, 0.5) is 0 Å². The molecule has 1 aliphatic carbocycles. The highest BCUT2D eigenvalue weighted by Crippen LogP contribution is 2.40. The minimum absolute atomic E-state index is 0.280. The third-order valence-corrected chi connectivity index (χ3v) is 7.34. The summed E-state index contributed by atoms with van der Waals surface area (Å²) in [6.45, 7) is 1.87. The van der Waals surface area contributed by atoms with E-state index >= 15 is 0 Å². The molecule has 0 saturated heterocycles. The van der Waals surface area contributed by atoms with Gasteiger partial charge in [0, 0.05) is 4.90 Å². The Labute approximate surface area is 191 Å². The molecule has 1 atom stereocenters. The van der Waals surface area contributed by atoms with E-state index in [0.717, 1.165) is 36.9 Å². The number of hydrogen-bond donors (Lipinski definition) is 0. The Morgan fingerprint density at radius 1 is 1.00 bits per heavy atom. The SMILES string of the molecule is CN(CCCSc1ccccc1)Cc1cnc([C@H](c2ccccc2)C2CCCCC2)o1. The smallest absolute Gasteiger partial charge is 0.202 e. The number of thioether (sulfide) groups is 1. The van der Waals surface area contributed by atoms with Gasteiger partial charge in [-0.15, -0.1) is 11.8 Å². The molecule has 1 aromatic heterocycles. The molecule has 164 valence electrons. The molecule has 4 rings (SSSR count). The summed E-state index contributed by atoms with van der Waals surface area (Å²) >= 11 is 1.93. The number of nitrogens with zero attached hydrogens (tertiary/aromatic N) is 2. The van der Waals surface area contributed by atoms with Crippen molar-refractivity contribution in [1.29, 1.82) is 0 Å². The van der Waals surface area contributed by atoms with Crippen LogP contribution in [0.3, 0.4) is 0 Å². The second-order valence-corrected chi connectivity index (χ2v) is 9.87. The van der Waals surface area contributed by atoms with Crippen LogP contribution in [0.15, 0.2) is 76.2 Å². The number of benzene rings is 2. The molecule has 0 spiro atoms. The largest absolute Gasteiger partial charge is 0.444 e. The molecule has 0 radical (unpaired) electrons. The average Bonchev–Trinajstić information content (AvgIpc) is 3.27. The van der Waals surface area contributed by atoms with Crippen LogP contribution in [0.1, 0.15) is 61.7 Å². The molecule has 0 bridgehead atoms. The van der Waals surface area contributed by atoms with Crippen LogP contribution in [-0.4, -0.2) is 29.2 Å². The van der Waals surface area contributed by atoms with Crippen molar-refractivity contribution >= 4 is 11.8 Å². The minimum Gasteiger partial charge on any atom is -0.444 e. The summed E-state index contributed by atoms with van der Waals surface area (Å²) < 4.78 is 6.34. The Kier molecular flexibility index (Phi) is 8.25. The zero-order chi connectivity index (χ0) is 21.3. The Bertz CT molecular complexity index is 890. The second-order valence-electron chi connectivity index (χ2n) is 8.70. The van der Waals surface area contributed by atoms with Crippen LogP contribution in [0, 0.1) is 5.92 Å². The van der Waals surface area contributed by atoms with Crippen molar-refractivity contribution in [2.75, 3.05) is 19.3 Å². The maximum atomic E-state index is 6.34. The number of rotatable bonds is 10. The van der Waals surface area contributed by atoms with Gasteiger partial charge >= 0.3 is 0 Å². The summed E-state index contributed by atoms with van der Waals surface area (Å²) in [6.07, 6.45) is 9.67. The molecular weight excluding hydrogens is 400 g/mol. The van der Waals surface area contributed by atoms with Crippen LogP contribution in [0.5, 0.6) is 0 Å². The first-order chi connectivity index (χ1) is 15.3. The molecule has 2 aromatic carbocycles. The topological polar surface area (TPSA) is 29.3 Å². The van der Waals surface area contributed by atoms with E-state index in [0.29, 0.717) is 5.92 Å². The highest BCUT2D eigenvalue weighted by molar-refractivity contribution is 7.99. The first-order valence-electron chi connectivity index (χ1n) is 11.7. The summed E-state index contributed by atoms with van der Waals surface area (Å²) in [5.41, 5.74) is 1.34. The lowest BCUT2D eigenvalue weighted by atomic mass is 9.77. The molecule has 0 amide bonds. The zero-order valence-electron chi connectivity index (χ0n) is 18.6. The van der Waals surface area contributed by atoms with Gasteiger partial charge in [0.05, 0.1) is 18.7 Å². The minimum atomic E-state index is 0.280. The second kappa shape index (κ2) is 11.5. The van der Waals surface area contributed by atoms with Gasteiger partial charge in [0.25, 0.3) is 0 Å². The van der Waals surface area contributed by atoms with Gasteiger partial charge in [0.1, 0.15) is 5.76 Å². The van der Waals surface area contributed by atoms with Gasteiger partial charge < -0.3 is 4.42 Å². The predicted octanol–water partition coefficient (Wildman–Crippen LogP) is 7.00. The lowest BCUT2D eigenvalue weighted by molar-refractivity contribution is 0.267. The molecule has 4 heteroatoms. The monoisotopic (exact) mass is 434 g/mol. The van der Waals surface area contributed by atoms with Crippen molar-refractivity contribution in [3.05, 3.63) is 84.1 Å². The standard InChI is InChI=1S/C27H34N2OS/c1-29(18-11-19-31-25-16-9-4-10-17-25)21-24-20-28-27(30-24)26(22-12-5-2-6-13-22)23-14-7-3-8-15-23/h2,4-6,9-10,12-13,16-17,20,23,26H,3,7-8,11,14-15,18-19,21H2,1H3/t26-/m1/s1. The third-order valence-electron chi connectivity index (χ3n) is 6.24. The number of aromatic nitrogens is 1. The molecule has 0 N–H and O–H groups in total. The summed E-state index contributed by atoms with van der Waals surface area (Å²) in [5.74, 6) is 3.93. The Balaban J connectivity index is 1.33. The van der Waals surface area contributed by atoms with Gasteiger partial charge in [0.2, 0.25) is 5.89 Å². The molecular formula is C27H34N2OS. The molecule has 1 aliphatic rings. The zero-order valence-corrected chi connectivity index (χ0v) is 19.4. The molecule has 0 unspecified atom stereocenters. The van der Waals surface area contributed by atoms with Crippen LogP contribution in [0.2, 0.25) is 0 Å². The Hall–Kier alpha value is -2.04.